The van der Waals surface area contributed by atoms with Gasteiger partial charge < -0.3 is 10.4 Å². The van der Waals surface area contributed by atoms with Crippen LogP contribution in [0.1, 0.15) is 31.2 Å². The van der Waals surface area contributed by atoms with Gasteiger partial charge in [-0.25, -0.2) is 4.79 Å². The number of anilines is 1. The molecular formula is C16H20N2O3. The van der Waals surface area contributed by atoms with E-state index in [-0.39, 0.29) is 12.1 Å². The van der Waals surface area contributed by atoms with Gasteiger partial charge in [0.2, 0.25) is 0 Å². The van der Waals surface area contributed by atoms with Gasteiger partial charge in [0.1, 0.15) is 0 Å². The van der Waals surface area contributed by atoms with Gasteiger partial charge in [-0.3, -0.25) is 9.69 Å². The summed E-state index contributed by atoms with van der Waals surface area (Å²) in [5.74, 6) is -1.26. The van der Waals surface area contributed by atoms with Crippen molar-refractivity contribution in [2.45, 2.75) is 38.1 Å². The maximum atomic E-state index is 12.5. The smallest absolute Gasteiger partial charge is 0.322 e. The summed E-state index contributed by atoms with van der Waals surface area (Å²) in [6.07, 6.45) is 4.16. The van der Waals surface area contributed by atoms with E-state index in [1.165, 1.54) is 5.56 Å². The van der Waals surface area contributed by atoms with Crippen LogP contribution in [0, 0.1) is 5.92 Å². The summed E-state index contributed by atoms with van der Waals surface area (Å²) in [5, 5.41) is 12.2. The number of para-hydroxylation sites is 1. The Kier molecular flexibility index (Phi) is 3.82. The number of benzene rings is 1. The van der Waals surface area contributed by atoms with Crippen molar-refractivity contribution in [1.82, 2.24) is 5.32 Å². The van der Waals surface area contributed by atoms with Crippen molar-refractivity contribution in [2.24, 2.45) is 5.92 Å². The van der Waals surface area contributed by atoms with Crippen LogP contribution in [0.25, 0.3) is 0 Å². The van der Waals surface area contributed by atoms with Crippen LogP contribution in [0.3, 0.4) is 0 Å². The molecule has 5 heteroatoms. The van der Waals surface area contributed by atoms with Gasteiger partial charge in [0.05, 0.1) is 5.92 Å². The highest BCUT2D eigenvalue weighted by Gasteiger charge is 2.34. The molecule has 3 rings (SSSR count). The molecule has 0 radical (unpaired) electrons. The fourth-order valence-electron chi connectivity index (χ4n) is 3.38. The van der Waals surface area contributed by atoms with Crippen molar-refractivity contribution >= 4 is 17.7 Å². The highest BCUT2D eigenvalue weighted by molar-refractivity contribution is 5.94. The van der Waals surface area contributed by atoms with Crippen molar-refractivity contribution < 1.29 is 14.7 Å². The number of carbonyl (C=O) groups is 2. The molecule has 1 saturated carbocycles. The number of fused-ring (bicyclic) bond motifs is 1. The number of hydrogen-bond acceptors (Lipinski definition) is 2. The molecule has 5 nitrogen and oxygen atoms in total. The molecule has 1 aliphatic carbocycles. The van der Waals surface area contributed by atoms with Crippen LogP contribution in [-0.2, 0) is 11.2 Å². The molecule has 2 aliphatic rings. The summed E-state index contributed by atoms with van der Waals surface area (Å²) in [5.41, 5.74) is 2.11. The van der Waals surface area contributed by atoms with Gasteiger partial charge in [-0.1, -0.05) is 31.0 Å². The minimum atomic E-state index is -0.804. The number of urea groups is 1. The zero-order chi connectivity index (χ0) is 14.8. The Bertz CT molecular complexity index is 558. The SMILES string of the molecule is O=C(O)C1CCCCC1NC(=O)N1CCc2ccccc21. The third kappa shape index (κ3) is 2.73. The molecule has 2 amide bonds. The highest BCUT2D eigenvalue weighted by atomic mass is 16.4. The minimum absolute atomic E-state index is 0.168. The Morgan fingerprint density at radius 1 is 1.19 bits per heavy atom. The molecule has 112 valence electrons. The molecule has 2 unspecified atom stereocenters. The zero-order valence-corrected chi connectivity index (χ0v) is 11.9. The van der Waals surface area contributed by atoms with E-state index in [0.717, 1.165) is 31.4 Å². The first-order valence-electron chi connectivity index (χ1n) is 7.55. The van der Waals surface area contributed by atoms with E-state index in [1.54, 1.807) is 4.90 Å². The number of hydrogen-bond donors (Lipinski definition) is 2. The molecule has 0 bridgehead atoms. The van der Waals surface area contributed by atoms with E-state index in [2.05, 4.69) is 5.32 Å². The zero-order valence-electron chi connectivity index (χ0n) is 11.9. The van der Waals surface area contributed by atoms with E-state index in [1.807, 2.05) is 24.3 Å². The van der Waals surface area contributed by atoms with Crippen LogP contribution in [0.15, 0.2) is 24.3 Å². The topological polar surface area (TPSA) is 69.6 Å². The number of rotatable bonds is 2. The van der Waals surface area contributed by atoms with Crippen molar-refractivity contribution in [3.05, 3.63) is 29.8 Å². The van der Waals surface area contributed by atoms with Gasteiger partial charge in [0, 0.05) is 18.3 Å². The Hall–Kier alpha value is -2.04. The monoisotopic (exact) mass is 288 g/mol. The summed E-state index contributed by atoms with van der Waals surface area (Å²) in [7, 11) is 0. The number of carbonyl (C=O) groups excluding carboxylic acids is 1. The van der Waals surface area contributed by atoms with Gasteiger partial charge in [-0.05, 0) is 30.9 Å². The van der Waals surface area contributed by atoms with E-state index in [9.17, 15) is 14.7 Å². The summed E-state index contributed by atoms with van der Waals surface area (Å²) >= 11 is 0. The second kappa shape index (κ2) is 5.76. The third-order valence-electron chi connectivity index (χ3n) is 4.52. The predicted octanol–water partition coefficient (Wildman–Crippen LogP) is 2.40. The number of carboxylic acid groups (broad SMARTS) is 1. The summed E-state index contributed by atoms with van der Waals surface area (Å²) in [6.45, 7) is 0.662. The lowest BCUT2D eigenvalue weighted by Gasteiger charge is -2.31. The molecule has 1 aromatic carbocycles. The van der Waals surface area contributed by atoms with Crippen LogP contribution >= 0.6 is 0 Å². The van der Waals surface area contributed by atoms with Crippen molar-refractivity contribution in [3.8, 4) is 0 Å². The van der Waals surface area contributed by atoms with Gasteiger partial charge >= 0.3 is 12.0 Å². The maximum Gasteiger partial charge on any atom is 0.322 e. The van der Waals surface area contributed by atoms with Gasteiger partial charge in [-0.15, -0.1) is 0 Å². The van der Waals surface area contributed by atoms with Crippen LogP contribution < -0.4 is 10.2 Å². The second-order valence-corrected chi connectivity index (χ2v) is 5.82. The largest absolute Gasteiger partial charge is 0.481 e. The van der Waals surface area contributed by atoms with Crippen molar-refractivity contribution in [2.75, 3.05) is 11.4 Å². The molecule has 1 aliphatic heterocycles. The number of amides is 2. The lowest BCUT2D eigenvalue weighted by Crippen LogP contribution is -2.50. The van der Waals surface area contributed by atoms with Gasteiger partial charge in [0.25, 0.3) is 0 Å². The lowest BCUT2D eigenvalue weighted by molar-refractivity contribution is -0.143. The molecular weight excluding hydrogens is 268 g/mol. The Balaban J connectivity index is 1.70. The van der Waals surface area contributed by atoms with Crippen LogP contribution in [-0.4, -0.2) is 29.7 Å². The highest BCUT2D eigenvalue weighted by Crippen LogP contribution is 2.29. The van der Waals surface area contributed by atoms with Crippen LogP contribution in [0.4, 0.5) is 10.5 Å². The van der Waals surface area contributed by atoms with E-state index in [0.29, 0.717) is 13.0 Å². The molecule has 1 fully saturated rings. The van der Waals surface area contributed by atoms with Crippen LogP contribution in [0.2, 0.25) is 0 Å². The van der Waals surface area contributed by atoms with E-state index >= 15 is 0 Å². The third-order valence-corrected chi connectivity index (χ3v) is 4.52. The second-order valence-electron chi connectivity index (χ2n) is 5.82. The summed E-state index contributed by atoms with van der Waals surface area (Å²) < 4.78 is 0. The van der Waals surface area contributed by atoms with Gasteiger partial charge in [-0.2, -0.15) is 0 Å². The first kappa shape index (κ1) is 13.9. The molecule has 21 heavy (non-hydrogen) atoms. The van der Waals surface area contributed by atoms with Crippen LogP contribution in [0.5, 0.6) is 0 Å². The van der Waals surface area contributed by atoms with E-state index < -0.39 is 11.9 Å². The van der Waals surface area contributed by atoms with Crippen molar-refractivity contribution in [3.63, 3.8) is 0 Å². The Labute approximate surface area is 123 Å². The molecule has 2 atom stereocenters. The summed E-state index contributed by atoms with van der Waals surface area (Å²) in [4.78, 5) is 25.5. The summed E-state index contributed by atoms with van der Waals surface area (Å²) in [6, 6.07) is 7.45. The molecule has 0 saturated heterocycles. The Morgan fingerprint density at radius 2 is 1.95 bits per heavy atom. The normalized spacial score (nSPS) is 24.5. The van der Waals surface area contributed by atoms with E-state index in [4.69, 9.17) is 0 Å². The first-order chi connectivity index (χ1) is 10.2. The fraction of sp³-hybridized carbons (Fsp3) is 0.500. The number of nitrogens with one attached hydrogen (secondary N) is 1. The maximum absolute atomic E-state index is 12.5. The standard InChI is InChI=1S/C16H20N2O3/c19-15(20)12-6-2-3-7-13(12)17-16(21)18-10-9-11-5-1-4-8-14(11)18/h1,4-5,8,12-13H,2-3,6-7,9-10H2,(H,17,21)(H,19,20). The molecule has 0 spiro atoms. The molecule has 1 heterocycles. The number of carboxylic acids is 1. The predicted molar refractivity (Wildman–Crippen MR) is 79.4 cm³/mol. The molecule has 1 aromatic rings. The number of aliphatic carboxylic acids is 1. The molecule has 0 aromatic heterocycles. The molecule has 2 N–H and O–H groups in total. The average molecular weight is 288 g/mol. The first-order valence-corrected chi connectivity index (χ1v) is 7.55. The van der Waals surface area contributed by atoms with Crippen molar-refractivity contribution in [1.29, 1.82) is 0 Å². The lowest BCUT2D eigenvalue weighted by atomic mass is 9.84. The Morgan fingerprint density at radius 3 is 2.76 bits per heavy atom. The van der Waals surface area contributed by atoms with Gasteiger partial charge in [0.15, 0.2) is 0 Å². The quantitative estimate of drug-likeness (QED) is 0.878. The number of nitrogens with zero attached hydrogens (tertiary/aromatic N) is 1. The average Bonchev–Trinajstić information content (AvgIpc) is 2.91. The minimum Gasteiger partial charge on any atom is -0.481 e. The fourth-order valence-corrected chi connectivity index (χ4v) is 3.38.